The summed E-state index contributed by atoms with van der Waals surface area (Å²) < 4.78 is 0. The zero-order valence-corrected chi connectivity index (χ0v) is 12.4. The summed E-state index contributed by atoms with van der Waals surface area (Å²) in [5.41, 5.74) is 2.67. The molecule has 1 atom stereocenters. The lowest BCUT2D eigenvalue weighted by molar-refractivity contribution is 0.547. The third-order valence-corrected chi connectivity index (χ3v) is 4.25. The van der Waals surface area contributed by atoms with Gasteiger partial charge in [-0.3, -0.25) is 4.98 Å². The molecule has 0 saturated carbocycles. The Labute approximate surface area is 123 Å². The number of rotatable bonds is 5. The molecule has 3 aromatic rings. The highest BCUT2D eigenvalue weighted by atomic mass is 32.1. The summed E-state index contributed by atoms with van der Waals surface area (Å²) >= 11 is 1.76. The van der Waals surface area contributed by atoms with E-state index < -0.39 is 0 Å². The predicted octanol–water partition coefficient (Wildman–Crippen LogP) is 4.02. The topological polar surface area (TPSA) is 24.9 Å². The third-order valence-electron chi connectivity index (χ3n) is 3.51. The maximum absolute atomic E-state index is 4.33. The van der Waals surface area contributed by atoms with Gasteiger partial charge in [-0.2, -0.15) is 11.3 Å². The van der Waals surface area contributed by atoms with Gasteiger partial charge in [0.2, 0.25) is 0 Å². The summed E-state index contributed by atoms with van der Waals surface area (Å²) in [5.74, 6) is 0. The fraction of sp³-hybridized carbons (Fsp3) is 0.235. The van der Waals surface area contributed by atoms with Crippen LogP contribution in [0.4, 0.5) is 0 Å². The van der Waals surface area contributed by atoms with Gasteiger partial charge in [0.05, 0.1) is 0 Å². The number of hydrogen-bond acceptors (Lipinski definition) is 3. The first-order valence-corrected chi connectivity index (χ1v) is 7.83. The van der Waals surface area contributed by atoms with Crippen molar-refractivity contribution in [2.24, 2.45) is 0 Å². The van der Waals surface area contributed by atoms with Gasteiger partial charge in [-0.05, 0) is 46.7 Å². The van der Waals surface area contributed by atoms with Gasteiger partial charge in [-0.1, -0.05) is 24.3 Å². The number of benzene rings is 1. The second-order valence-electron chi connectivity index (χ2n) is 5.14. The van der Waals surface area contributed by atoms with Crippen LogP contribution in [0.15, 0.2) is 53.5 Å². The first-order chi connectivity index (χ1) is 9.83. The van der Waals surface area contributed by atoms with Crippen LogP contribution in [0.2, 0.25) is 0 Å². The van der Waals surface area contributed by atoms with Crippen LogP contribution in [0.5, 0.6) is 0 Å². The quantitative estimate of drug-likeness (QED) is 0.764. The number of aromatic nitrogens is 1. The van der Waals surface area contributed by atoms with Gasteiger partial charge >= 0.3 is 0 Å². The van der Waals surface area contributed by atoms with Crippen LogP contribution in [0, 0.1) is 0 Å². The molecule has 0 spiro atoms. The molecule has 1 unspecified atom stereocenters. The van der Waals surface area contributed by atoms with Gasteiger partial charge in [-0.15, -0.1) is 0 Å². The van der Waals surface area contributed by atoms with Crippen molar-refractivity contribution in [1.29, 1.82) is 0 Å². The van der Waals surface area contributed by atoms with Gasteiger partial charge in [0, 0.05) is 30.4 Å². The Morgan fingerprint density at radius 2 is 2.10 bits per heavy atom. The van der Waals surface area contributed by atoms with Crippen molar-refractivity contribution in [2.75, 3.05) is 0 Å². The van der Waals surface area contributed by atoms with Gasteiger partial charge < -0.3 is 5.32 Å². The monoisotopic (exact) mass is 282 g/mol. The first-order valence-electron chi connectivity index (χ1n) is 6.89. The van der Waals surface area contributed by atoms with Crippen LogP contribution in [-0.4, -0.2) is 11.0 Å². The van der Waals surface area contributed by atoms with Crippen LogP contribution < -0.4 is 5.32 Å². The van der Waals surface area contributed by atoms with Crippen molar-refractivity contribution in [3.05, 3.63) is 64.6 Å². The smallest absolute Gasteiger partial charge is 0.0346 e. The lowest BCUT2D eigenvalue weighted by Crippen LogP contribution is -2.27. The summed E-state index contributed by atoms with van der Waals surface area (Å²) in [6.45, 7) is 3.09. The average Bonchev–Trinajstić information content (AvgIpc) is 2.98. The summed E-state index contributed by atoms with van der Waals surface area (Å²) in [6.07, 6.45) is 4.96. The Morgan fingerprint density at radius 1 is 1.20 bits per heavy atom. The molecular weight excluding hydrogens is 264 g/mol. The van der Waals surface area contributed by atoms with E-state index in [1.807, 2.05) is 12.4 Å². The van der Waals surface area contributed by atoms with Crippen molar-refractivity contribution in [1.82, 2.24) is 10.3 Å². The van der Waals surface area contributed by atoms with Gasteiger partial charge in [0.15, 0.2) is 0 Å². The van der Waals surface area contributed by atoms with Crippen LogP contribution in [0.3, 0.4) is 0 Å². The molecule has 0 aliphatic rings. The number of nitrogens with one attached hydrogen (secondary N) is 1. The van der Waals surface area contributed by atoms with Crippen molar-refractivity contribution < 1.29 is 0 Å². The number of thiophene rings is 1. The molecule has 3 rings (SSSR count). The molecular formula is C17H18N2S. The number of nitrogens with zero attached hydrogens (tertiary/aromatic N) is 1. The molecule has 2 aromatic heterocycles. The normalized spacial score (nSPS) is 12.7. The zero-order valence-electron chi connectivity index (χ0n) is 11.5. The van der Waals surface area contributed by atoms with Crippen LogP contribution in [0.1, 0.15) is 18.1 Å². The minimum absolute atomic E-state index is 0.462. The van der Waals surface area contributed by atoms with E-state index in [0.717, 1.165) is 13.0 Å². The number of pyridine rings is 1. The summed E-state index contributed by atoms with van der Waals surface area (Å²) in [7, 11) is 0. The molecule has 2 nitrogen and oxygen atoms in total. The highest BCUT2D eigenvalue weighted by molar-refractivity contribution is 7.07. The summed E-state index contributed by atoms with van der Waals surface area (Å²) in [6, 6.07) is 11.1. The van der Waals surface area contributed by atoms with Crippen LogP contribution in [0.25, 0.3) is 10.8 Å². The molecule has 0 radical (unpaired) electrons. The van der Waals surface area contributed by atoms with Gasteiger partial charge in [0.1, 0.15) is 0 Å². The van der Waals surface area contributed by atoms with Gasteiger partial charge in [0.25, 0.3) is 0 Å². The third kappa shape index (κ3) is 3.06. The van der Waals surface area contributed by atoms with Crippen molar-refractivity contribution >= 4 is 22.1 Å². The Morgan fingerprint density at radius 3 is 2.95 bits per heavy atom. The lowest BCUT2D eigenvalue weighted by atomic mass is 10.1. The van der Waals surface area contributed by atoms with Crippen molar-refractivity contribution in [3.8, 4) is 0 Å². The predicted molar refractivity (Wildman–Crippen MR) is 86.1 cm³/mol. The van der Waals surface area contributed by atoms with E-state index in [0.29, 0.717) is 6.04 Å². The minimum atomic E-state index is 0.462. The Kier molecular flexibility index (Phi) is 4.09. The molecule has 20 heavy (non-hydrogen) atoms. The highest BCUT2D eigenvalue weighted by Gasteiger charge is 2.06. The molecule has 0 aliphatic heterocycles. The fourth-order valence-corrected chi connectivity index (χ4v) is 3.12. The van der Waals surface area contributed by atoms with Crippen LogP contribution >= 0.6 is 11.3 Å². The van der Waals surface area contributed by atoms with E-state index in [1.165, 1.54) is 21.9 Å². The lowest BCUT2D eigenvalue weighted by Gasteiger charge is -2.14. The average molecular weight is 282 g/mol. The van der Waals surface area contributed by atoms with Crippen molar-refractivity contribution in [3.63, 3.8) is 0 Å². The van der Waals surface area contributed by atoms with Crippen LogP contribution in [-0.2, 0) is 13.0 Å². The molecule has 0 bridgehead atoms. The first kappa shape index (κ1) is 13.3. The maximum atomic E-state index is 4.33. The Bertz CT molecular complexity index is 671. The molecule has 2 heterocycles. The molecule has 0 fully saturated rings. The molecule has 0 aliphatic carbocycles. The fourth-order valence-electron chi connectivity index (χ4n) is 2.44. The minimum Gasteiger partial charge on any atom is -0.310 e. The standard InChI is InChI=1S/C17H18N2S/c1-13(8-14-6-7-20-12-14)19-11-16-10-18-9-15-4-2-3-5-17(15)16/h2-7,9-10,12-13,19H,8,11H2,1H3. The molecule has 0 saturated heterocycles. The number of hydrogen-bond donors (Lipinski definition) is 1. The summed E-state index contributed by atoms with van der Waals surface area (Å²) in [5, 5.41) is 10.4. The van der Waals surface area contributed by atoms with E-state index in [2.05, 4.69) is 58.3 Å². The SMILES string of the molecule is CC(Cc1ccsc1)NCc1cncc2ccccc12. The van der Waals surface area contributed by atoms with E-state index in [-0.39, 0.29) is 0 Å². The Hall–Kier alpha value is -1.71. The number of fused-ring (bicyclic) bond motifs is 1. The zero-order chi connectivity index (χ0) is 13.8. The second-order valence-corrected chi connectivity index (χ2v) is 5.92. The van der Waals surface area contributed by atoms with Crippen molar-refractivity contribution in [2.45, 2.75) is 25.9 Å². The summed E-state index contributed by atoms with van der Waals surface area (Å²) in [4.78, 5) is 4.33. The molecule has 102 valence electrons. The molecule has 0 amide bonds. The van der Waals surface area contributed by atoms with E-state index >= 15 is 0 Å². The molecule has 1 aromatic carbocycles. The van der Waals surface area contributed by atoms with E-state index in [1.54, 1.807) is 11.3 Å². The van der Waals surface area contributed by atoms with E-state index in [4.69, 9.17) is 0 Å². The van der Waals surface area contributed by atoms with Gasteiger partial charge in [-0.25, -0.2) is 0 Å². The largest absolute Gasteiger partial charge is 0.310 e. The second kappa shape index (κ2) is 6.16. The highest BCUT2D eigenvalue weighted by Crippen LogP contribution is 2.17. The van der Waals surface area contributed by atoms with E-state index in [9.17, 15) is 0 Å². The molecule has 1 N–H and O–H groups in total. The molecule has 3 heteroatoms. The Balaban J connectivity index is 1.67. The maximum Gasteiger partial charge on any atom is 0.0346 e.